The van der Waals surface area contributed by atoms with Crippen LogP contribution >= 0.6 is 0 Å². The maximum atomic E-state index is 13.2. The molecule has 0 aromatic heterocycles. The summed E-state index contributed by atoms with van der Waals surface area (Å²) in [5, 5.41) is 14.2. The van der Waals surface area contributed by atoms with Crippen LogP contribution in [0.1, 0.15) is 51.0 Å². The van der Waals surface area contributed by atoms with Gasteiger partial charge in [0.25, 0.3) is 0 Å². The van der Waals surface area contributed by atoms with E-state index in [1.807, 2.05) is 42.5 Å². The molecule has 4 fully saturated rings. The summed E-state index contributed by atoms with van der Waals surface area (Å²) in [7, 11) is 0. The van der Waals surface area contributed by atoms with Crippen LogP contribution in [0.5, 0.6) is 0 Å². The predicted octanol–water partition coefficient (Wildman–Crippen LogP) is 4.89. The fourth-order valence-corrected chi connectivity index (χ4v) is 6.58. The van der Waals surface area contributed by atoms with E-state index >= 15 is 0 Å². The predicted molar refractivity (Wildman–Crippen MR) is 115 cm³/mol. The van der Waals surface area contributed by atoms with Crippen LogP contribution in [-0.2, 0) is 10.4 Å². The van der Waals surface area contributed by atoms with E-state index in [0.29, 0.717) is 0 Å². The Kier molecular flexibility index (Phi) is 4.54. The first-order valence-electron chi connectivity index (χ1n) is 11.1. The fraction of sp³-hybridized carbons (Fsp3) is 0.500. The molecule has 29 heavy (non-hydrogen) atoms. The number of hydrogen-bond acceptors (Lipinski definition) is 2. The first-order chi connectivity index (χ1) is 13.9. The van der Waals surface area contributed by atoms with Crippen molar-refractivity contribution < 1.29 is 9.90 Å². The van der Waals surface area contributed by atoms with Crippen LogP contribution in [0.25, 0.3) is 11.1 Å². The second-order valence-corrected chi connectivity index (χ2v) is 10.1. The quantitative estimate of drug-likeness (QED) is 0.765. The molecule has 1 amide bonds. The molecule has 0 saturated heterocycles. The Morgan fingerprint density at radius 1 is 0.931 bits per heavy atom. The molecule has 2 aromatic carbocycles. The van der Waals surface area contributed by atoms with Crippen molar-refractivity contribution in [2.24, 2.45) is 23.2 Å². The van der Waals surface area contributed by atoms with Crippen molar-refractivity contribution in [1.82, 2.24) is 5.32 Å². The van der Waals surface area contributed by atoms with Gasteiger partial charge in [0.1, 0.15) is 5.60 Å². The molecule has 1 atom stereocenters. The van der Waals surface area contributed by atoms with Crippen LogP contribution in [0.4, 0.5) is 0 Å². The van der Waals surface area contributed by atoms with Crippen molar-refractivity contribution in [2.75, 3.05) is 6.54 Å². The SMILES string of the molecule is CC(O)(CNC(=O)C12CC3CC(CC(C3)C1)C2)c1ccc(-c2ccccc2)cc1. The van der Waals surface area contributed by atoms with Crippen LogP contribution in [0.15, 0.2) is 54.6 Å². The van der Waals surface area contributed by atoms with Gasteiger partial charge >= 0.3 is 0 Å². The molecule has 4 aliphatic carbocycles. The number of rotatable bonds is 5. The van der Waals surface area contributed by atoms with Gasteiger partial charge < -0.3 is 10.4 Å². The molecule has 3 heteroatoms. The lowest BCUT2D eigenvalue weighted by molar-refractivity contribution is -0.147. The minimum Gasteiger partial charge on any atom is -0.384 e. The topological polar surface area (TPSA) is 49.3 Å². The van der Waals surface area contributed by atoms with Crippen molar-refractivity contribution in [3.63, 3.8) is 0 Å². The Bertz CT molecular complexity index is 849. The van der Waals surface area contributed by atoms with Gasteiger partial charge in [-0.25, -0.2) is 0 Å². The van der Waals surface area contributed by atoms with Crippen LogP contribution in [0, 0.1) is 23.2 Å². The zero-order valence-corrected chi connectivity index (χ0v) is 17.2. The van der Waals surface area contributed by atoms with Gasteiger partial charge in [-0.05, 0) is 79.9 Å². The summed E-state index contributed by atoms with van der Waals surface area (Å²) in [6.07, 6.45) is 7.16. The Hall–Kier alpha value is -2.13. The number of nitrogens with one attached hydrogen (secondary N) is 1. The van der Waals surface area contributed by atoms with Gasteiger partial charge in [-0.15, -0.1) is 0 Å². The van der Waals surface area contributed by atoms with Crippen molar-refractivity contribution >= 4 is 5.91 Å². The van der Waals surface area contributed by atoms with Gasteiger partial charge in [0.15, 0.2) is 0 Å². The van der Waals surface area contributed by atoms with Gasteiger partial charge in [0.2, 0.25) is 5.91 Å². The molecule has 0 spiro atoms. The lowest BCUT2D eigenvalue weighted by Crippen LogP contribution is -2.55. The lowest BCUT2D eigenvalue weighted by Gasteiger charge is -2.55. The van der Waals surface area contributed by atoms with Crippen LogP contribution in [0.3, 0.4) is 0 Å². The fourth-order valence-electron chi connectivity index (χ4n) is 6.58. The third kappa shape index (κ3) is 3.50. The van der Waals surface area contributed by atoms with Crippen LogP contribution in [-0.4, -0.2) is 17.6 Å². The first kappa shape index (κ1) is 18.9. The van der Waals surface area contributed by atoms with Crippen molar-refractivity contribution in [2.45, 2.75) is 51.0 Å². The van der Waals surface area contributed by atoms with E-state index in [-0.39, 0.29) is 17.9 Å². The Balaban J connectivity index is 1.26. The number of carbonyl (C=O) groups excluding carboxylic acids is 1. The summed E-state index contributed by atoms with van der Waals surface area (Å²) in [5.74, 6) is 2.42. The summed E-state index contributed by atoms with van der Waals surface area (Å²) < 4.78 is 0. The summed E-state index contributed by atoms with van der Waals surface area (Å²) in [6, 6.07) is 18.3. The molecule has 4 aliphatic rings. The Morgan fingerprint density at radius 3 is 2.00 bits per heavy atom. The average molecular weight is 390 g/mol. The summed E-state index contributed by atoms with van der Waals surface area (Å²) >= 11 is 0. The number of aliphatic hydroxyl groups is 1. The molecule has 2 aromatic rings. The summed E-state index contributed by atoms with van der Waals surface area (Å²) in [4.78, 5) is 13.2. The molecule has 2 N–H and O–H groups in total. The summed E-state index contributed by atoms with van der Waals surface area (Å²) in [6.45, 7) is 2.06. The third-order valence-corrected chi connectivity index (χ3v) is 7.73. The van der Waals surface area contributed by atoms with Crippen molar-refractivity contribution in [3.8, 4) is 11.1 Å². The highest BCUT2D eigenvalue weighted by Crippen LogP contribution is 2.60. The van der Waals surface area contributed by atoms with Crippen LogP contribution < -0.4 is 5.32 Å². The molecule has 3 nitrogen and oxygen atoms in total. The number of hydrogen-bond donors (Lipinski definition) is 2. The molecule has 152 valence electrons. The minimum atomic E-state index is -1.08. The van der Waals surface area contributed by atoms with Gasteiger partial charge in [-0.1, -0.05) is 54.6 Å². The second-order valence-electron chi connectivity index (χ2n) is 10.1. The van der Waals surface area contributed by atoms with Crippen LogP contribution in [0.2, 0.25) is 0 Å². The number of carbonyl (C=O) groups is 1. The molecule has 4 bridgehead atoms. The molecule has 6 rings (SSSR count). The molecule has 0 aliphatic heterocycles. The summed E-state index contributed by atoms with van der Waals surface area (Å²) in [5.41, 5.74) is 1.88. The number of amides is 1. The Labute approximate surface area is 173 Å². The highest BCUT2D eigenvalue weighted by atomic mass is 16.3. The van der Waals surface area contributed by atoms with Gasteiger partial charge in [-0.2, -0.15) is 0 Å². The van der Waals surface area contributed by atoms with E-state index in [9.17, 15) is 9.90 Å². The molecular formula is C26H31NO2. The average Bonchev–Trinajstić information content (AvgIpc) is 2.72. The lowest BCUT2D eigenvalue weighted by atomic mass is 9.49. The van der Waals surface area contributed by atoms with Gasteiger partial charge in [0, 0.05) is 5.41 Å². The zero-order valence-electron chi connectivity index (χ0n) is 17.2. The monoisotopic (exact) mass is 389 g/mol. The second kappa shape index (κ2) is 6.98. The molecule has 0 radical (unpaired) electrons. The number of benzene rings is 2. The third-order valence-electron chi connectivity index (χ3n) is 7.73. The normalized spacial score (nSPS) is 32.0. The van der Waals surface area contributed by atoms with Gasteiger partial charge in [-0.3, -0.25) is 4.79 Å². The minimum absolute atomic E-state index is 0.165. The standard InChI is InChI=1S/C26H31NO2/c1-25(29,23-9-7-22(8-10-23)21-5-3-2-4-6-21)17-27-24(28)26-14-18-11-19(15-26)13-20(12-18)16-26/h2-10,18-20,29H,11-17H2,1H3,(H,27,28). The van der Waals surface area contributed by atoms with E-state index in [0.717, 1.165) is 53.7 Å². The first-order valence-corrected chi connectivity index (χ1v) is 11.1. The van der Waals surface area contributed by atoms with Crippen molar-refractivity contribution in [3.05, 3.63) is 60.2 Å². The maximum absolute atomic E-state index is 13.2. The zero-order chi connectivity index (χ0) is 20.1. The highest BCUT2D eigenvalue weighted by Gasteiger charge is 2.54. The molecule has 4 saturated carbocycles. The molecular weight excluding hydrogens is 358 g/mol. The van der Waals surface area contributed by atoms with E-state index in [2.05, 4.69) is 17.4 Å². The largest absolute Gasteiger partial charge is 0.384 e. The van der Waals surface area contributed by atoms with E-state index in [1.165, 1.54) is 19.3 Å². The molecule has 0 heterocycles. The maximum Gasteiger partial charge on any atom is 0.226 e. The molecule has 1 unspecified atom stereocenters. The van der Waals surface area contributed by atoms with E-state index in [4.69, 9.17) is 0 Å². The highest BCUT2D eigenvalue weighted by molar-refractivity contribution is 5.83. The van der Waals surface area contributed by atoms with E-state index < -0.39 is 5.60 Å². The van der Waals surface area contributed by atoms with Gasteiger partial charge in [0.05, 0.1) is 6.54 Å². The van der Waals surface area contributed by atoms with E-state index in [1.54, 1.807) is 6.92 Å². The van der Waals surface area contributed by atoms with Crippen molar-refractivity contribution in [1.29, 1.82) is 0 Å². The Morgan fingerprint density at radius 2 is 1.45 bits per heavy atom. The smallest absolute Gasteiger partial charge is 0.226 e.